The second kappa shape index (κ2) is 68.8. The van der Waals surface area contributed by atoms with Crippen molar-refractivity contribution in [3.8, 4) is 0 Å². The molecule has 0 aromatic rings. The normalized spacial score (nSPS) is 14.3. The number of ether oxygens (including phenoxy) is 4. The van der Waals surface area contributed by atoms with E-state index in [-0.39, 0.29) is 25.7 Å². The van der Waals surface area contributed by atoms with Crippen LogP contribution in [0.5, 0.6) is 0 Å². The van der Waals surface area contributed by atoms with E-state index in [4.69, 9.17) is 37.0 Å². The Bertz CT molecular complexity index is 1860. The summed E-state index contributed by atoms with van der Waals surface area (Å²) in [5.41, 5.74) is 0. The van der Waals surface area contributed by atoms with Gasteiger partial charge in [-0.05, 0) is 37.5 Å². The Morgan fingerprint density at radius 3 is 0.792 bits per heavy atom. The van der Waals surface area contributed by atoms with Crippen molar-refractivity contribution in [3.63, 3.8) is 0 Å². The van der Waals surface area contributed by atoms with E-state index in [1.54, 1.807) is 0 Å². The van der Waals surface area contributed by atoms with E-state index in [0.717, 1.165) is 102 Å². The number of hydrogen-bond acceptors (Lipinski definition) is 15. The number of unbranched alkanes of at least 4 members (excludes halogenated alkanes) is 45. The maximum Gasteiger partial charge on any atom is 0.472 e. The fourth-order valence-electron chi connectivity index (χ4n) is 11.8. The number of phosphoric ester groups is 2. The van der Waals surface area contributed by atoms with Gasteiger partial charge >= 0.3 is 39.5 Å². The van der Waals surface area contributed by atoms with Crippen molar-refractivity contribution in [2.24, 2.45) is 11.8 Å². The van der Waals surface area contributed by atoms with Crippen LogP contribution in [-0.2, 0) is 65.4 Å². The maximum absolute atomic E-state index is 13.1. The number of rotatable bonds is 76. The first-order valence-electron chi connectivity index (χ1n) is 40.0. The Morgan fingerprint density at radius 1 is 0.302 bits per heavy atom. The first kappa shape index (κ1) is 94.1. The van der Waals surface area contributed by atoms with Crippen molar-refractivity contribution in [3.05, 3.63) is 0 Å². The lowest BCUT2D eigenvalue weighted by Gasteiger charge is -2.21. The number of carbonyl (C=O) groups excluding carboxylic acids is 4. The van der Waals surface area contributed by atoms with Gasteiger partial charge in [-0.25, -0.2) is 9.13 Å². The van der Waals surface area contributed by atoms with Gasteiger partial charge in [-0.1, -0.05) is 350 Å². The van der Waals surface area contributed by atoms with Gasteiger partial charge in [0.15, 0.2) is 12.2 Å². The molecular weight excluding hydrogens is 1260 g/mol. The number of carbonyl (C=O) groups is 4. The molecule has 0 bridgehead atoms. The van der Waals surface area contributed by atoms with Crippen LogP contribution in [0.3, 0.4) is 0 Å². The summed E-state index contributed by atoms with van der Waals surface area (Å²) in [6.07, 6.45) is 56.7. The molecule has 0 rings (SSSR count). The average Bonchev–Trinajstić information content (AvgIpc) is 1.15. The maximum atomic E-state index is 13.1. The fraction of sp³-hybridized carbons (Fsp3) is 0.948. The summed E-state index contributed by atoms with van der Waals surface area (Å²) >= 11 is 0. The lowest BCUT2D eigenvalue weighted by molar-refractivity contribution is -0.161. The van der Waals surface area contributed by atoms with Gasteiger partial charge in [0, 0.05) is 25.7 Å². The van der Waals surface area contributed by atoms with E-state index in [9.17, 15) is 43.2 Å². The molecule has 3 N–H and O–H groups in total. The minimum atomic E-state index is -4.96. The highest BCUT2D eigenvalue weighted by molar-refractivity contribution is 7.47. The number of aliphatic hydroxyl groups is 1. The van der Waals surface area contributed by atoms with Gasteiger partial charge in [-0.3, -0.25) is 37.3 Å². The molecule has 0 spiro atoms. The molecule has 0 fully saturated rings. The molecule has 0 heterocycles. The number of phosphoric acid groups is 2. The zero-order valence-corrected chi connectivity index (χ0v) is 64.5. The molecule has 0 aliphatic carbocycles. The minimum absolute atomic E-state index is 0.107. The Labute approximate surface area is 588 Å². The number of aliphatic hydroxyl groups excluding tert-OH is 1. The first-order valence-corrected chi connectivity index (χ1v) is 43.0. The molecule has 17 nitrogen and oxygen atoms in total. The molecule has 0 aromatic heterocycles. The summed E-state index contributed by atoms with van der Waals surface area (Å²) in [5.74, 6) is -0.540. The predicted octanol–water partition coefficient (Wildman–Crippen LogP) is 22.7. The SMILES string of the molecule is CCCCCCCCCCCCCCCCCC(=O)OC[C@H](COP(=O)(O)OC[C@@H](O)COP(=O)(O)OC[C@@H](COC(=O)CCCCCCCCCCC(C)C)OC(=O)CCCCCCCCCCCCCC)OC(=O)CCCCCCCCCCCCCCCCC(C)CC. The summed E-state index contributed by atoms with van der Waals surface area (Å²) in [6, 6.07) is 0. The summed E-state index contributed by atoms with van der Waals surface area (Å²) in [6.45, 7) is 9.63. The molecule has 0 saturated carbocycles. The largest absolute Gasteiger partial charge is 0.472 e. The van der Waals surface area contributed by atoms with Crippen molar-refractivity contribution in [2.45, 2.75) is 419 Å². The summed E-state index contributed by atoms with van der Waals surface area (Å²) in [5, 5.41) is 10.6. The van der Waals surface area contributed by atoms with E-state index in [2.05, 4.69) is 41.5 Å². The van der Waals surface area contributed by atoms with Crippen molar-refractivity contribution < 1.29 is 80.2 Å². The molecular formula is C77H150O17P2. The Hall–Kier alpha value is -1.94. The molecule has 96 heavy (non-hydrogen) atoms. The molecule has 0 radical (unpaired) electrons. The van der Waals surface area contributed by atoms with Crippen molar-refractivity contribution in [1.82, 2.24) is 0 Å². The van der Waals surface area contributed by atoms with Crippen LogP contribution in [0.4, 0.5) is 0 Å². The Balaban J connectivity index is 5.25. The molecule has 0 aliphatic heterocycles. The van der Waals surface area contributed by atoms with E-state index < -0.39 is 97.5 Å². The fourth-order valence-corrected chi connectivity index (χ4v) is 13.4. The Morgan fingerprint density at radius 2 is 0.531 bits per heavy atom. The van der Waals surface area contributed by atoms with Crippen LogP contribution >= 0.6 is 15.6 Å². The highest BCUT2D eigenvalue weighted by Crippen LogP contribution is 2.45. The third kappa shape index (κ3) is 69.2. The van der Waals surface area contributed by atoms with E-state index in [1.807, 2.05) is 0 Å². The van der Waals surface area contributed by atoms with Crippen molar-refractivity contribution in [2.75, 3.05) is 39.6 Å². The van der Waals surface area contributed by atoms with Crippen LogP contribution in [0.15, 0.2) is 0 Å². The topological polar surface area (TPSA) is 237 Å². The number of hydrogen-bond donors (Lipinski definition) is 3. The number of esters is 4. The predicted molar refractivity (Wildman–Crippen MR) is 391 cm³/mol. The summed E-state index contributed by atoms with van der Waals surface area (Å²) in [7, 11) is -9.91. The van der Waals surface area contributed by atoms with Gasteiger partial charge in [0.1, 0.15) is 19.3 Å². The van der Waals surface area contributed by atoms with Crippen LogP contribution in [0.2, 0.25) is 0 Å². The van der Waals surface area contributed by atoms with Gasteiger partial charge in [-0.15, -0.1) is 0 Å². The molecule has 0 saturated heterocycles. The second-order valence-corrected chi connectivity index (χ2v) is 31.4. The zero-order chi connectivity index (χ0) is 70.7. The molecule has 19 heteroatoms. The van der Waals surface area contributed by atoms with E-state index in [0.29, 0.717) is 25.7 Å². The highest BCUT2D eigenvalue weighted by atomic mass is 31.2. The van der Waals surface area contributed by atoms with Gasteiger partial charge in [0.25, 0.3) is 0 Å². The quantitative estimate of drug-likeness (QED) is 0.0222. The summed E-state index contributed by atoms with van der Waals surface area (Å²) < 4.78 is 68.6. The monoisotopic (exact) mass is 1410 g/mol. The molecule has 0 aromatic carbocycles. The van der Waals surface area contributed by atoms with Gasteiger partial charge < -0.3 is 33.8 Å². The van der Waals surface area contributed by atoms with Crippen LogP contribution in [0, 0.1) is 11.8 Å². The van der Waals surface area contributed by atoms with Crippen molar-refractivity contribution in [1.29, 1.82) is 0 Å². The molecule has 3 unspecified atom stereocenters. The van der Waals surface area contributed by atoms with Crippen LogP contribution in [0.25, 0.3) is 0 Å². The van der Waals surface area contributed by atoms with Crippen LogP contribution in [-0.4, -0.2) is 96.7 Å². The van der Waals surface area contributed by atoms with Crippen LogP contribution < -0.4 is 0 Å². The average molecular weight is 1410 g/mol. The standard InChI is InChI=1S/C77H150O17P2/c1-7-10-12-14-16-18-20-22-23-27-31-34-41-47-53-59-74(79)87-65-72(93-77(82)62-56-50-44-36-32-28-25-24-26-29-33-40-46-52-58-70(6)9-3)67-91-95(83,84)89-63-71(78)64-90-96(85,86)92-68-73(66-88-75(80)60-54-48-42-38-37-39-45-51-57-69(4)5)94-76(81)61-55-49-43-35-30-21-19-17-15-13-11-8-2/h69-73,78H,7-68H2,1-6H3,(H,83,84)(H,85,86)/t70?,71-,72-,73-/m1/s1. The van der Waals surface area contributed by atoms with Gasteiger partial charge in [0.05, 0.1) is 26.4 Å². The first-order chi connectivity index (χ1) is 46.4. The third-order valence-corrected chi connectivity index (χ3v) is 20.2. The lowest BCUT2D eigenvalue weighted by Crippen LogP contribution is -2.30. The second-order valence-electron chi connectivity index (χ2n) is 28.5. The highest BCUT2D eigenvalue weighted by Gasteiger charge is 2.30. The molecule has 570 valence electrons. The lowest BCUT2D eigenvalue weighted by atomic mass is 9.99. The summed E-state index contributed by atoms with van der Waals surface area (Å²) in [4.78, 5) is 72.9. The van der Waals surface area contributed by atoms with E-state index >= 15 is 0 Å². The van der Waals surface area contributed by atoms with Crippen LogP contribution in [0.1, 0.15) is 401 Å². The molecule has 6 atom stereocenters. The van der Waals surface area contributed by atoms with E-state index in [1.165, 1.54) is 218 Å². The zero-order valence-electron chi connectivity index (χ0n) is 62.7. The van der Waals surface area contributed by atoms with Crippen molar-refractivity contribution >= 4 is 39.5 Å². The Kier molecular flexibility index (Phi) is 67.4. The van der Waals surface area contributed by atoms with Gasteiger partial charge in [-0.2, -0.15) is 0 Å². The molecule has 0 aliphatic rings. The third-order valence-electron chi connectivity index (χ3n) is 18.3. The molecule has 0 amide bonds. The van der Waals surface area contributed by atoms with Gasteiger partial charge in [0.2, 0.25) is 0 Å². The minimum Gasteiger partial charge on any atom is -0.462 e. The smallest absolute Gasteiger partial charge is 0.462 e.